The van der Waals surface area contributed by atoms with Crippen molar-refractivity contribution in [1.29, 1.82) is 0 Å². The van der Waals surface area contributed by atoms with E-state index in [-0.39, 0.29) is 62.0 Å². The van der Waals surface area contributed by atoms with Gasteiger partial charge in [-0.05, 0) is 24.3 Å². The fourth-order valence-corrected chi connectivity index (χ4v) is 1.08. The molecule has 0 bridgehead atoms. The molecule has 12 heavy (non-hydrogen) atoms. The van der Waals surface area contributed by atoms with Crippen molar-refractivity contribution in [3.63, 3.8) is 0 Å². The average Bonchev–Trinajstić information content (AvgIpc) is 1.86. The van der Waals surface area contributed by atoms with E-state index in [2.05, 4.69) is 0 Å². The van der Waals surface area contributed by atoms with Gasteiger partial charge in [0.15, 0.2) is 0 Å². The predicted octanol–water partition coefficient (Wildman–Crippen LogP) is -2.70. The van der Waals surface area contributed by atoms with Crippen LogP contribution in [-0.4, -0.2) is 18.1 Å². The Labute approximate surface area is 113 Å². The second-order valence-electron chi connectivity index (χ2n) is 1.95. The van der Waals surface area contributed by atoms with Crippen LogP contribution in [0, 0.1) is 0 Å². The summed E-state index contributed by atoms with van der Waals surface area (Å²) in [6.07, 6.45) is 0. The van der Waals surface area contributed by atoms with Crippen LogP contribution in [0.25, 0.3) is 0 Å². The average molecular weight is 212 g/mol. The molecule has 0 fully saturated rings. The van der Waals surface area contributed by atoms with Crippen LogP contribution in [0.5, 0.6) is 5.75 Å². The van der Waals surface area contributed by atoms with E-state index in [0.717, 1.165) is 24.3 Å². The van der Waals surface area contributed by atoms with E-state index in [1.165, 1.54) is 0 Å². The number of hydrogen-bond donors (Lipinski definition) is 1. The van der Waals surface area contributed by atoms with Crippen molar-refractivity contribution >= 4 is 10.1 Å². The van der Waals surface area contributed by atoms with Gasteiger partial charge < -0.3 is 9.66 Å². The molecule has 1 rings (SSSR count). The van der Waals surface area contributed by atoms with Crippen LogP contribution in [0.3, 0.4) is 0 Å². The molecule has 0 amide bonds. The van der Waals surface area contributed by atoms with E-state index in [4.69, 9.17) is 5.11 Å². The minimum Gasteiger partial charge on any atom is -0.744 e. The summed E-state index contributed by atoms with van der Waals surface area (Å²) >= 11 is 0. The fraction of sp³-hybridized carbons (Fsp3) is 0. The number of phenolic OH excluding ortho intramolecular Hbond substituents is 1. The number of rotatable bonds is 1. The van der Waals surface area contributed by atoms with Crippen LogP contribution in [0.2, 0.25) is 0 Å². The fourth-order valence-electron chi connectivity index (χ4n) is 0.613. The molecule has 6 heteroatoms. The Balaban J connectivity index is 0.00000121. The zero-order chi connectivity index (χ0) is 8.48. The predicted molar refractivity (Wildman–Crippen MR) is 36.1 cm³/mol. The van der Waals surface area contributed by atoms with Crippen molar-refractivity contribution in [2.75, 3.05) is 0 Å². The summed E-state index contributed by atoms with van der Waals surface area (Å²) < 4.78 is 30.9. The minimum atomic E-state index is -4.38. The van der Waals surface area contributed by atoms with Crippen LogP contribution in [0.1, 0.15) is 0 Å². The van der Waals surface area contributed by atoms with E-state index in [1.54, 1.807) is 0 Å². The summed E-state index contributed by atoms with van der Waals surface area (Å²) in [7, 11) is -4.38. The number of phenols is 1. The summed E-state index contributed by atoms with van der Waals surface area (Å²) in [5.41, 5.74) is 0. The van der Waals surface area contributed by atoms with Gasteiger partial charge in [-0.15, -0.1) is 0 Å². The van der Waals surface area contributed by atoms with Gasteiger partial charge in [0.05, 0.1) is 4.90 Å². The first-order valence-corrected chi connectivity index (χ1v) is 4.16. The van der Waals surface area contributed by atoms with Crippen LogP contribution in [0.15, 0.2) is 29.2 Å². The quantitative estimate of drug-likeness (QED) is 0.406. The maximum atomic E-state index is 10.3. The Bertz CT molecular complexity index is 342. The number of hydrogen-bond acceptors (Lipinski definition) is 4. The Morgan fingerprint density at radius 2 is 1.58 bits per heavy atom. The first-order valence-electron chi connectivity index (χ1n) is 2.75. The smallest absolute Gasteiger partial charge is 0.744 e. The molecule has 0 spiro atoms. The number of benzene rings is 1. The third-order valence-corrected chi connectivity index (χ3v) is 1.97. The van der Waals surface area contributed by atoms with Gasteiger partial charge in [-0.1, -0.05) is 0 Å². The van der Waals surface area contributed by atoms with Crippen LogP contribution in [-0.2, 0) is 10.1 Å². The molecule has 0 atom stereocenters. The van der Waals surface area contributed by atoms with Gasteiger partial charge in [0.25, 0.3) is 0 Å². The van der Waals surface area contributed by atoms with Gasteiger partial charge in [0.1, 0.15) is 15.9 Å². The van der Waals surface area contributed by atoms with Gasteiger partial charge in [-0.3, -0.25) is 0 Å². The molecule has 0 aliphatic heterocycles. The molecule has 0 aliphatic carbocycles. The Kier molecular flexibility index (Phi) is 4.93. The van der Waals surface area contributed by atoms with Crippen molar-refractivity contribution in [1.82, 2.24) is 0 Å². The molecule has 0 saturated carbocycles. The standard InChI is InChI=1S/C6H6O4S.K/c7-5-1-3-6(4-2-5)11(8,9)10;/h1-4,7H,(H,8,9,10);/q;+1/p-1. The SMILES string of the molecule is O=S(=O)([O-])c1ccc(O)cc1.[K+]. The topological polar surface area (TPSA) is 77.4 Å². The van der Waals surface area contributed by atoms with E-state index in [1.807, 2.05) is 0 Å². The molecule has 0 heterocycles. The molecule has 0 unspecified atom stereocenters. The third-order valence-electron chi connectivity index (χ3n) is 1.13. The minimum absolute atomic E-state index is 0. The van der Waals surface area contributed by atoms with Gasteiger partial charge in [0.2, 0.25) is 0 Å². The monoisotopic (exact) mass is 212 g/mol. The molecule has 0 aliphatic rings. The normalized spacial score (nSPS) is 10.4. The van der Waals surface area contributed by atoms with E-state index in [9.17, 15) is 13.0 Å². The molecule has 4 nitrogen and oxygen atoms in total. The maximum absolute atomic E-state index is 10.3. The maximum Gasteiger partial charge on any atom is 1.00 e. The van der Waals surface area contributed by atoms with Crippen molar-refractivity contribution in [2.24, 2.45) is 0 Å². The van der Waals surface area contributed by atoms with Crippen LogP contribution >= 0.6 is 0 Å². The molecule has 1 N–H and O–H groups in total. The first kappa shape index (κ1) is 12.6. The summed E-state index contributed by atoms with van der Waals surface area (Å²) in [6, 6.07) is 4.39. The molecular formula is C6H5KO4S. The molecule has 0 radical (unpaired) electrons. The summed E-state index contributed by atoms with van der Waals surface area (Å²) in [4.78, 5) is -0.338. The van der Waals surface area contributed by atoms with Gasteiger partial charge >= 0.3 is 51.4 Å². The molecule has 1 aromatic carbocycles. The Hall–Kier alpha value is 0.566. The molecule has 1 aromatic rings. The van der Waals surface area contributed by atoms with E-state index in [0.29, 0.717) is 0 Å². The van der Waals surface area contributed by atoms with Crippen molar-refractivity contribution in [2.45, 2.75) is 4.90 Å². The van der Waals surface area contributed by atoms with Crippen LogP contribution in [0.4, 0.5) is 0 Å². The van der Waals surface area contributed by atoms with Crippen LogP contribution < -0.4 is 51.4 Å². The Morgan fingerprint density at radius 1 is 1.17 bits per heavy atom. The molecule has 0 saturated heterocycles. The first-order chi connectivity index (χ1) is 5.00. The zero-order valence-corrected chi connectivity index (χ0v) is 10.3. The Morgan fingerprint density at radius 3 is 1.92 bits per heavy atom. The van der Waals surface area contributed by atoms with Crippen molar-refractivity contribution in [3.05, 3.63) is 24.3 Å². The van der Waals surface area contributed by atoms with Crippen molar-refractivity contribution in [3.8, 4) is 5.75 Å². The molecule has 60 valence electrons. The van der Waals surface area contributed by atoms with Crippen molar-refractivity contribution < 1.29 is 69.5 Å². The molecule has 0 aromatic heterocycles. The largest absolute Gasteiger partial charge is 1.00 e. The number of aromatic hydroxyl groups is 1. The second-order valence-corrected chi connectivity index (χ2v) is 3.33. The van der Waals surface area contributed by atoms with Gasteiger partial charge in [0, 0.05) is 0 Å². The van der Waals surface area contributed by atoms with Gasteiger partial charge in [-0.2, -0.15) is 0 Å². The second kappa shape index (κ2) is 4.71. The zero-order valence-electron chi connectivity index (χ0n) is 6.39. The summed E-state index contributed by atoms with van der Waals surface area (Å²) in [5.74, 6) is -0.0719. The summed E-state index contributed by atoms with van der Waals surface area (Å²) in [5, 5.41) is 8.73. The van der Waals surface area contributed by atoms with Gasteiger partial charge in [-0.25, -0.2) is 8.42 Å². The van der Waals surface area contributed by atoms with E-state index < -0.39 is 10.1 Å². The molecular weight excluding hydrogens is 207 g/mol. The summed E-state index contributed by atoms with van der Waals surface area (Å²) in [6.45, 7) is 0. The van der Waals surface area contributed by atoms with E-state index >= 15 is 0 Å². The third kappa shape index (κ3) is 3.52.